The van der Waals surface area contributed by atoms with Crippen LogP contribution < -0.4 is 5.32 Å². The maximum atomic E-state index is 11.3. The maximum absolute atomic E-state index is 11.3. The highest BCUT2D eigenvalue weighted by atomic mass is 16.6. The van der Waals surface area contributed by atoms with Crippen molar-refractivity contribution in [1.82, 2.24) is 5.32 Å². The van der Waals surface area contributed by atoms with Gasteiger partial charge in [0.05, 0.1) is 0 Å². The molecule has 1 unspecified atom stereocenters. The molecular formula is C11H23NO3. The van der Waals surface area contributed by atoms with Crippen LogP contribution in [-0.4, -0.2) is 30.0 Å². The van der Waals surface area contributed by atoms with E-state index in [1.54, 1.807) is 0 Å². The molecule has 1 atom stereocenters. The van der Waals surface area contributed by atoms with Gasteiger partial charge >= 0.3 is 6.09 Å². The highest BCUT2D eigenvalue weighted by molar-refractivity contribution is 5.67. The van der Waals surface area contributed by atoms with E-state index in [9.17, 15) is 4.79 Å². The first kappa shape index (κ1) is 14.2. The maximum Gasteiger partial charge on any atom is 0.407 e. The Kier molecular flexibility index (Phi) is 6.32. The van der Waals surface area contributed by atoms with Crippen molar-refractivity contribution in [2.45, 2.75) is 46.1 Å². The van der Waals surface area contributed by atoms with Crippen LogP contribution in [0.2, 0.25) is 0 Å². The molecule has 90 valence electrons. The van der Waals surface area contributed by atoms with E-state index in [0.717, 1.165) is 12.8 Å². The van der Waals surface area contributed by atoms with Crippen LogP contribution in [-0.2, 0) is 4.74 Å². The van der Waals surface area contributed by atoms with Gasteiger partial charge in [-0.2, -0.15) is 0 Å². The number of aliphatic hydroxyl groups is 1. The number of alkyl carbamates (subject to hydrolysis) is 1. The van der Waals surface area contributed by atoms with Crippen LogP contribution in [0.1, 0.15) is 40.5 Å². The molecule has 0 aliphatic carbocycles. The molecule has 0 aromatic rings. The molecular weight excluding hydrogens is 194 g/mol. The number of amides is 1. The molecule has 0 heterocycles. The molecule has 1 amide bonds. The average molecular weight is 217 g/mol. The van der Waals surface area contributed by atoms with Gasteiger partial charge in [-0.3, -0.25) is 0 Å². The Morgan fingerprint density at radius 3 is 2.53 bits per heavy atom. The third-order valence-electron chi connectivity index (χ3n) is 1.85. The summed E-state index contributed by atoms with van der Waals surface area (Å²) in [6, 6.07) is 0. The Hall–Kier alpha value is -0.770. The molecule has 2 N–H and O–H groups in total. The summed E-state index contributed by atoms with van der Waals surface area (Å²) < 4.78 is 5.09. The zero-order valence-corrected chi connectivity index (χ0v) is 10.2. The number of aliphatic hydroxyl groups excluding tert-OH is 1. The van der Waals surface area contributed by atoms with Crippen molar-refractivity contribution >= 4 is 6.09 Å². The lowest BCUT2D eigenvalue weighted by Gasteiger charge is -2.20. The van der Waals surface area contributed by atoms with Gasteiger partial charge in [-0.15, -0.1) is 0 Å². The highest BCUT2D eigenvalue weighted by Crippen LogP contribution is 2.07. The van der Waals surface area contributed by atoms with Crippen molar-refractivity contribution in [3.8, 4) is 0 Å². The molecule has 0 saturated carbocycles. The van der Waals surface area contributed by atoms with E-state index in [1.165, 1.54) is 0 Å². The quantitative estimate of drug-likeness (QED) is 0.739. The number of ether oxygens (including phenoxy) is 1. The number of nitrogens with one attached hydrogen (secondary N) is 1. The summed E-state index contributed by atoms with van der Waals surface area (Å²) >= 11 is 0. The normalized spacial score (nSPS) is 13.4. The largest absolute Gasteiger partial charge is 0.444 e. The lowest BCUT2D eigenvalue weighted by Crippen LogP contribution is -2.34. The van der Waals surface area contributed by atoms with Gasteiger partial charge in [0.15, 0.2) is 0 Å². The number of hydrogen-bond donors (Lipinski definition) is 2. The van der Waals surface area contributed by atoms with E-state index in [2.05, 4.69) is 5.32 Å². The molecule has 0 radical (unpaired) electrons. The van der Waals surface area contributed by atoms with Gasteiger partial charge in [-0.1, -0.05) is 6.92 Å². The van der Waals surface area contributed by atoms with Crippen molar-refractivity contribution in [3.63, 3.8) is 0 Å². The molecule has 0 aromatic carbocycles. The predicted molar refractivity (Wildman–Crippen MR) is 59.7 cm³/mol. The molecule has 4 nitrogen and oxygen atoms in total. The molecule has 0 fully saturated rings. The lowest BCUT2D eigenvalue weighted by molar-refractivity contribution is 0.0519. The number of carbonyl (C=O) groups is 1. The fourth-order valence-corrected chi connectivity index (χ4v) is 1.11. The first-order valence-corrected chi connectivity index (χ1v) is 5.43. The zero-order chi connectivity index (χ0) is 11.9. The second-order valence-corrected chi connectivity index (χ2v) is 4.85. The van der Waals surface area contributed by atoms with Gasteiger partial charge in [0.2, 0.25) is 0 Å². The van der Waals surface area contributed by atoms with E-state index in [0.29, 0.717) is 12.5 Å². The van der Waals surface area contributed by atoms with Gasteiger partial charge in [-0.25, -0.2) is 4.79 Å². The summed E-state index contributed by atoms with van der Waals surface area (Å²) in [6.45, 7) is 8.34. The molecule has 0 aromatic heterocycles. The molecule has 15 heavy (non-hydrogen) atoms. The minimum absolute atomic E-state index is 0.205. The van der Waals surface area contributed by atoms with Crippen molar-refractivity contribution in [1.29, 1.82) is 0 Å². The molecule has 4 heteroatoms. The van der Waals surface area contributed by atoms with Crippen LogP contribution in [0.4, 0.5) is 4.79 Å². The summed E-state index contributed by atoms with van der Waals surface area (Å²) in [7, 11) is 0. The monoisotopic (exact) mass is 217 g/mol. The molecule has 0 rings (SSSR count). The van der Waals surface area contributed by atoms with E-state index in [-0.39, 0.29) is 12.7 Å². The summed E-state index contributed by atoms with van der Waals surface area (Å²) in [4.78, 5) is 11.3. The van der Waals surface area contributed by atoms with E-state index in [4.69, 9.17) is 9.84 Å². The minimum atomic E-state index is -0.446. The van der Waals surface area contributed by atoms with Crippen LogP contribution in [0.5, 0.6) is 0 Å². The fourth-order valence-electron chi connectivity index (χ4n) is 1.11. The first-order valence-electron chi connectivity index (χ1n) is 5.43. The van der Waals surface area contributed by atoms with E-state index in [1.807, 2.05) is 27.7 Å². The predicted octanol–water partition coefficient (Wildman–Crippen LogP) is 1.92. The van der Waals surface area contributed by atoms with Gasteiger partial charge in [0.25, 0.3) is 0 Å². The van der Waals surface area contributed by atoms with Gasteiger partial charge in [0.1, 0.15) is 5.60 Å². The van der Waals surface area contributed by atoms with Gasteiger partial charge < -0.3 is 15.2 Å². The number of hydrogen-bond acceptors (Lipinski definition) is 3. The van der Waals surface area contributed by atoms with Crippen LogP contribution >= 0.6 is 0 Å². The third kappa shape index (κ3) is 9.53. The summed E-state index contributed by atoms with van der Waals surface area (Å²) in [5, 5.41) is 11.3. The standard InChI is InChI=1S/C11H23NO3/c1-9(6-5-7-13)8-12-10(14)15-11(2,3)4/h9,13H,5-8H2,1-4H3,(H,12,14). The third-order valence-corrected chi connectivity index (χ3v) is 1.85. The second-order valence-electron chi connectivity index (χ2n) is 4.85. The zero-order valence-electron chi connectivity index (χ0n) is 10.2. The van der Waals surface area contributed by atoms with Crippen LogP contribution in [0.15, 0.2) is 0 Å². The Bertz CT molecular complexity index is 187. The number of rotatable bonds is 5. The summed E-state index contributed by atoms with van der Waals surface area (Å²) in [6.07, 6.45) is 1.31. The molecule has 0 spiro atoms. The van der Waals surface area contributed by atoms with Gasteiger partial charge in [0, 0.05) is 13.2 Å². The van der Waals surface area contributed by atoms with Crippen molar-refractivity contribution in [3.05, 3.63) is 0 Å². The van der Waals surface area contributed by atoms with Crippen molar-refractivity contribution < 1.29 is 14.6 Å². The highest BCUT2D eigenvalue weighted by Gasteiger charge is 2.16. The average Bonchev–Trinajstić information content (AvgIpc) is 2.08. The Morgan fingerprint density at radius 1 is 1.47 bits per heavy atom. The molecule has 0 saturated heterocycles. The van der Waals surface area contributed by atoms with E-state index >= 15 is 0 Å². The first-order chi connectivity index (χ1) is 6.85. The van der Waals surface area contributed by atoms with Crippen molar-refractivity contribution in [2.24, 2.45) is 5.92 Å². The smallest absolute Gasteiger partial charge is 0.407 e. The Labute approximate surface area is 92.0 Å². The fraction of sp³-hybridized carbons (Fsp3) is 0.909. The lowest BCUT2D eigenvalue weighted by atomic mass is 10.1. The second kappa shape index (κ2) is 6.67. The van der Waals surface area contributed by atoms with E-state index < -0.39 is 5.60 Å². The summed E-state index contributed by atoms with van der Waals surface area (Å²) in [5.41, 5.74) is -0.446. The molecule has 0 bridgehead atoms. The molecule has 0 aliphatic heterocycles. The minimum Gasteiger partial charge on any atom is -0.444 e. The van der Waals surface area contributed by atoms with Crippen LogP contribution in [0.3, 0.4) is 0 Å². The molecule has 0 aliphatic rings. The Balaban J connectivity index is 3.62. The van der Waals surface area contributed by atoms with Gasteiger partial charge in [-0.05, 0) is 39.5 Å². The SMILES string of the molecule is CC(CCCO)CNC(=O)OC(C)(C)C. The Morgan fingerprint density at radius 2 is 2.07 bits per heavy atom. The number of carbonyl (C=O) groups excluding carboxylic acids is 1. The van der Waals surface area contributed by atoms with Crippen LogP contribution in [0.25, 0.3) is 0 Å². The van der Waals surface area contributed by atoms with Crippen LogP contribution in [0, 0.1) is 5.92 Å². The van der Waals surface area contributed by atoms with Crippen molar-refractivity contribution in [2.75, 3.05) is 13.2 Å². The topological polar surface area (TPSA) is 58.6 Å². The summed E-state index contributed by atoms with van der Waals surface area (Å²) in [5.74, 6) is 0.365.